The van der Waals surface area contributed by atoms with Gasteiger partial charge in [-0.15, -0.1) is 0 Å². The molecule has 0 aliphatic carbocycles. The van der Waals surface area contributed by atoms with Gasteiger partial charge in [-0.1, -0.05) is 86.1 Å². The minimum Gasteiger partial charge on any atom is -0.410 e. The first-order valence-electron chi connectivity index (χ1n) is 12.2. The van der Waals surface area contributed by atoms with Crippen molar-refractivity contribution in [3.05, 3.63) is 70.8 Å². The lowest BCUT2D eigenvalue weighted by Crippen LogP contribution is -2.43. The van der Waals surface area contributed by atoms with Crippen molar-refractivity contribution in [3.63, 3.8) is 0 Å². The van der Waals surface area contributed by atoms with E-state index in [2.05, 4.69) is 98.0 Å². The summed E-state index contributed by atoms with van der Waals surface area (Å²) in [5, 5.41) is 10.7. The van der Waals surface area contributed by atoms with E-state index in [9.17, 15) is 5.11 Å². The largest absolute Gasteiger partial charge is 0.410 e. The third-order valence-electron chi connectivity index (χ3n) is 6.39. The van der Waals surface area contributed by atoms with Gasteiger partial charge in [-0.05, 0) is 83.5 Å². The summed E-state index contributed by atoms with van der Waals surface area (Å²) in [6, 6.07) is 10.4. The number of aryl methyl sites for hydroxylation is 1. The molecular weight excluding hydrogens is 408 g/mol. The third-order valence-corrected chi connectivity index (χ3v) is 10.9. The van der Waals surface area contributed by atoms with Gasteiger partial charge in [0, 0.05) is 0 Å². The molecule has 0 amide bonds. The summed E-state index contributed by atoms with van der Waals surface area (Å²) in [6.45, 7) is 20.2. The summed E-state index contributed by atoms with van der Waals surface area (Å²) < 4.78 is 6.81. The van der Waals surface area contributed by atoms with Gasteiger partial charge in [0.1, 0.15) is 0 Å². The normalized spacial score (nSPS) is 15.4. The maximum absolute atomic E-state index is 10.6. The molecule has 0 radical (unpaired) electrons. The lowest BCUT2D eigenvalue weighted by atomic mass is 10.0. The summed E-state index contributed by atoms with van der Waals surface area (Å²) in [7, 11) is -1.90. The second kappa shape index (κ2) is 13.3. The molecule has 1 aromatic rings. The van der Waals surface area contributed by atoms with Crippen molar-refractivity contribution in [1.82, 2.24) is 0 Å². The summed E-state index contributed by atoms with van der Waals surface area (Å²) in [4.78, 5) is 0. The Labute approximate surface area is 199 Å². The quantitative estimate of drug-likeness (QED) is 0.253. The highest BCUT2D eigenvalue weighted by Gasteiger charge is 2.38. The molecular formula is C29H48O2Si. The van der Waals surface area contributed by atoms with Crippen molar-refractivity contribution >= 4 is 8.32 Å². The Hall–Kier alpha value is -1.42. The van der Waals surface area contributed by atoms with Crippen LogP contribution in [0.4, 0.5) is 0 Å². The maximum atomic E-state index is 10.6. The van der Waals surface area contributed by atoms with E-state index >= 15 is 0 Å². The molecule has 0 aromatic heterocycles. The zero-order chi connectivity index (χ0) is 24.4. The fourth-order valence-corrected chi connectivity index (χ4v) is 4.70. The molecule has 0 aliphatic heterocycles. The average molecular weight is 457 g/mol. The van der Waals surface area contributed by atoms with Crippen LogP contribution < -0.4 is 0 Å². The minimum atomic E-state index is -1.90. The Morgan fingerprint density at radius 2 is 1.62 bits per heavy atom. The van der Waals surface area contributed by atoms with Gasteiger partial charge in [0.05, 0.1) is 12.2 Å². The molecule has 0 saturated carbocycles. The van der Waals surface area contributed by atoms with Gasteiger partial charge in [0.15, 0.2) is 8.32 Å². The zero-order valence-electron chi connectivity index (χ0n) is 22.2. The van der Waals surface area contributed by atoms with Gasteiger partial charge in [0.2, 0.25) is 0 Å². The zero-order valence-corrected chi connectivity index (χ0v) is 23.2. The lowest BCUT2D eigenvalue weighted by molar-refractivity contribution is 0.207. The van der Waals surface area contributed by atoms with Gasteiger partial charge < -0.3 is 9.53 Å². The fourth-order valence-electron chi connectivity index (χ4n) is 3.44. The molecule has 0 aliphatic rings. The number of aliphatic hydroxyl groups is 1. The van der Waals surface area contributed by atoms with E-state index < -0.39 is 14.4 Å². The Morgan fingerprint density at radius 3 is 2.19 bits per heavy atom. The Balaban J connectivity index is 2.87. The SMILES string of the molecule is CC(C)=CCC/C(C)=C/[C@@H](C/C(C)=C/C(O)CCc1ccccc1)O[Si](C)(C)C(C)(C)C. The fraction of sp³-hybridized carbons (Fsp3) is 0.586. The number of rotatable bonds is 12. The number of hydrogen-bond acceptors (Lipinski definition) is 2. The van der Waals surface area contributed by atoms with Crippen molar-refractivity contribution in [1.29, 1.82) is 0 Å². The number of hydrogen-bond donors (Lipinski definition) is 1. The van der Waals surface area contributed by atoms with Crippen molar-refractivity contribution in [3.8, 4) is 0 Å². The predicted octanol–water partition coefficient (Wildman–Crippen LogP) is 8.40. The second-order valence-corrected chi connectivity index (χ2v) is 15.8. The first kappa shape index (κ1) is 28.6. The Bertz CT molecular complexity index is 762. The van der Waals surface area contributed by atoms with Crippen LogP contribution in [0.15, 0.2) is 65.3 Å². The van der Waals surface area contributed by atoms with Crippen molar-refractivity contribution in [2.24, 2.45) is 0 Å². The van der Waals surface area contributed by atoms with Crippen molar-refractivity contribution < 1.29 is 9.53 Å². The Kier molecular flexibility index (Phi) is 11.9. The maximum Gasteiger partial charge on any atom is 0.192 e. The molecule has 180 valence electrons. The monoisotopic (exact) mass is 456 g/mol. The molecule has 3 heteroatoms. The van der Waals surface area contributed by atoms with E-state index in [-0.39, 0.29) is 11.1 Å². The first-order chi connectivity index (χ1) is 14.8. The van der Waals surface area contributed by atoms with E-state index in [0.29, 0.717) is 0 Å². The second-order valence-electron chi connectivity index (χ2n) is 11.1. The summed E-state index contributed by atoms with van der Waals surface area (Å²) in [6.07, 6.45) is 10.9. The molecule has 32 heavy (non-hydrogen) atoms. The third kappa shape index (κ3) is 11.4. The van der Waals surface area contributed by atoms with E-state index in [1.165, 1.54) is 22.3 Å². The van der Waals surface area contributed by atoms with Crippen LogP contribution in [-0.4, -0.2) is 25.6 Å². The van der Waals surface area contributed by atoms with E-state index in [1.807, 2.05) is 12.1 Å². The van der Waals surface area contributed by atoms with Crippen LogP contribution in [0.3, 0.4) is 0 Å². The van der Waals surface area contributed by atoms with Crippen LogP contribution in [0.25, 0.3) is 0 Å². The predicted molar refractivity (Wildman–Crippen MR) is 144 cm³/mol. The summed E-state index contributed by atoms with van der Waals surface area (Å²) in [5.74, 6) is 0. The van der Waals surface area contributed by atoms with Gasteiger partial charge in [0.25, 0.3) is 0 Å². The number of benzene rings is 1. The highest BCUT2D eigenvalue weighted by Crippen LogP contribution is 2.38. The Morgan fingerprint density at radius 1 is 1.00 bits per heavy atom. The van der Waals surface area contributed by atoms with Crippen LogP contribution in [0.1, 0.15) is 79.7 Å². The van der Waals surface area contributed by atoms with Gasteiger partial charge >= 0.3 is 0 Å². The molecule has 2 atom stereocenters. The molecule has 1 N–H and O–H groups in total. The molecule has 0 fully saturated rings. The van der Waals surface area contributed by atoms with Crippen LogP contribution >= 0.6 is 0 Å². The molecule has 1 aromatic carbocycles. The van der Waals surface area contributed by atoms with E-state index in [0.717, 1.165) is 32.1 Å². The summed E-state index contributed by atoms with van der Waals surface area (Å²) >= 11 is 0. The van der Waals surface area contributed by atoms with E-state index in [4.69, 9.17) is 4.43 Å². The molecule has 0 spiro atoms. The van der Waals surface area contributed by atoms with Gasteiger partial charge in [-0.3, -0.25) is 0 Å². The number of allylic oxidation sites excluding steroid dienone is 3. The minimum absolute atomic E-state index is 0.0557. The summed E-state index contributed by atoms with van der Waals surface area (Å²) in [5.41, 5.74) is 5.22. The molecule has 2 nitrogen and oxygen atoms in total. The lowest BCUT2D eigenvalue weighted by Gasteiger charge is -2.39. The van der Waals surface area contributed by atoms with Crippen LogP contribution in [-0.2, 0) is 10.8 Å². The van der Waals surface area contributed by atoms with Crippen LogP contribution in [0, 0.1) is 0 Å². The molecule has 1 unspecified atom stereocenters. The highest BCUT2D eigenvalue weighted by molar-refractivity contribution is 6.74. The van der Waals surface area contributed by atoms with E-state index in [1.54, 1.807) is 0 Å². The number of aliphatic hydroxyl groups excluding tert-OH is 1. The molecule has 0 saturated heterocycles. The smallest absolute Gasteiger partial charge is 0.192 e. The topological polar surface area (TPSA) is 29.5 Å². The van der Waals surface area contributed by atoms with Gasteiger partial charge in [-0.25, -0.2) is 0 Å². The molecule has 0 heterocycles. The molecule has 1 rings (SSSR count). The molecule has 0 bridgehead atoms. The first-order valence-corrected chi connectivity index (χ1v) is 15.1. The average Bonchev–Trinajstić information content (AvgIpc) is 2.65. The van der Waals surface area contributed by atoms with Crippen LogP contribution in [0.2, 0.25) is 18.1 Å². The van der Waals surface area contributed by atoms with Gasteiger partial charge in [-0.2, -0.15) is 0 Å². The van der Waals surface area contributed by atoms with Crippen molar-refractivity contribution in [2.45, 2.75) is 111 Å². The highest BCUT2D eigenvalue weighted by atomic mass is 28.4. The standard InChI is InChI=1S/C29H48O2Si/c1-23(2)14-13-15-24(3)21-28(31-32(8,9)29(5,6)7)22-25(4)20-27(30)19-18-26-16-11-10-12-17-26/h10-12,14,16-17,20-21,27-28,30H,13,15,18-19,22H2,1-9H3/b24-21+,25-20+/t27?,28-/m0/s1. The van der Waals surface area contributed by atoms with Crippen LogP contribution in [0.5, 0.6) is 0 Å². The van der Waals surface area contributed by atoms with Crippen molar-refractivity contribution in [2.75, 3.05) is 0 Å².